The molecule has 0 unspecified atom stereocenters. The Morgan fingerprint density at radius 3 is 2.58 bits per heavy atom. The van der Waals surface area contributed by atoms with Crippen molar-refractivity contribution in [3.05, 3.63) is 53.9 Å². The van der Waals surface area contributed by atoms with Gasteiger partial charge in [0.25, 0.3) is 0 Å². The van der Waals surface area contributed by atoms with E-state index in [0.717, 1.165) is 19.0 Å². The van der Waals surface area contributed by atoms with Crippen LogP contribution in [0.4, 0.5) is 0 Å². The predicted molar refractivity (Wildman–Crippen MR) is 111 cm³/mol. The van der Waals surface area contributed by atoms with E-state index in [1.54, 1.807) is 6.20 Å². The lowest BCUT2D eigenvalue weighted by atomic mass is 10.1. The van der Waals surface area contributed by atoms with Crippen LogP contribution in [0.1, 0.15) is 38.8 Å². The maximum atomic E-state index is 4.68. The van der Waals surface area contributed by atoms with Crippen LogP contribution in [0.2, 0.25) is 0 Å². The van der Waals surface area contributed by atoms with Gasteiger partial charge in [0.15, 0.2) is 5.96 Å². The molecule has 0 amide bonds. The third kappa shape index (κ3) is 7.33. The van der Waals surface area contributed by atoms with E-state index in [0.29, 0.717) is 6.54 Å². The molecule has 0 radical (unpaired) electrons. The van der Waals surface area contributed by atoms with Crippen molar-refractivity contribution in [1.82, 2.24) is 20.4 Å². The predicted octanol–water partition coefficient (Wildman–Crippen LogP) is 3.40. The maximum absolute atomic E-state index is 4.68. The lowest BCUT2D eigenvalue weighted by molar-refractivity contribution is 0.501. The molecule has 24 heavy (non-hydrogen) atoms. The van der Waals surface area contributed by atoms with Gasteiger partial charge in [0, 0.05) is 24.5 Å². The van der Waals surface area contributed by atoms with Crippen molar-refractivity contribution in [2.75, 3.05) is 6.54 Å². The third-order valence-corrected chi connectivity index (χ3v) is 3.15. The van der Waals surface area contributed by atoms with E-state index in [-0.39, 0.29) is 29.5 Å². The summed E-state index contributed by atoms with van der Waals surface area (Å²) in [6.07, 6.45) is 3.77. The highest BCUT2D eigenvalue weighted by Crippen LogP contribution is 2.08. The molecule has 0 saturated heterocycles. The quantitative estimate of drug-likeness (QED) is 0.425. The third-order valence-electron chi connectivity index (χ3n) is 3.15. The molecule has 1 aromatic heterocycles. The van der Waals surface area contributed by atoms with Gasteiger partial charge in [-0.2, -0.15) is 5.10 Å². The Morgan fingerprint density at radius 2 is 1.96 bits per heavy atom. The molecule has 0 bridgehead atoms. The van der Waals surface area contributed by atoms with Gasteiger partial charge < -0.3 is 10.6 Å². The molecule has 1 heterocycles. The van der Waals surface area contributed by atoms with Gasteiger partial charge in [0.2, 0.25) is 0 Å². The lowest BCUT2D eigenvalue weighted by Crippen LogP contribution is -2.47. The Bertz CT molecular complexity index is 629. The summed E-state index contributed by atoms with van der Waals surface area (Å²) in [5.41, 5.74) is 2.42. The van der Waals surface area contributed by atoms with Crippen LogP contribution in [0, 0.1) is 0 Å². The fourth-order valence-corrected chi connectivity index (χ4v) is 2.24. The van der Waals surface area contributed by atoms with E-state index in [2.05, 4.69) is 72.7 Å². The van der Waals surface area contributed by atoms with E-state index in [4.69, 9.17) is 0 Å². The second-order valence-electron chi connectivity index (χ2n) is 6.59. The Hall–Kier alpha value is -1.57. The van der Waals surface area contributed by atoms with Gasteiger partial charge in [-0.15, -0.1) is 24.0 Å². The number of guanidine groups is 1. The van der Waals surface area contributed by atoms with E-state index in [1.807, 2.05) is 16.9 Å². The zero-order chi connectivity index (χ0) is 16.7. The number of aromatic nitrogens is 2. The number of nitrogens with one attached hydrogen (secondary N) is 2. The van der Waals surface area contributed by atoms with Crippen molar-refractivity contribution in [3.8, 4) is 0 Å². The molecule has 0 aliphatic carbocycles. The Labute approximate surface area is 162 Å². The number of benzene rings is 1. The normalized spacial score (nSPS) is 11.8. The van der Waals surface area contributed by atoms with Crippen molar-refractivity contribution < 1.29 is 0 Å². The molecule has 0 aliphatic heterocycles. The van der Waals surface area contributed by atoms with E-state index in [1.165, 1.54) is 11.1 Å². The number of hydrogen-bond donors (Lipinski definition) is 2. The highest BCUT2D eigenvalue weighted by molar-refractivity contribution is 14.0. The number of aliphatic imine (C=N–C) groups is 1. The van der Waals surface area contributed by atoms with Crippen molar-refractivity contribution in [3.63, 3.8) is 0 Å². The Balaban J connectivity index is 0.00000288. The number of halogens is 1. The molecule has 2 rings (SSSR count). The summed E-state index contributed by atoms with van der Waals surface area (Å²) in [6, 6.07) is 10.4. The summed E-state index contributed by atoms with van der Waals surface area (Å²) < 4.78 is 1.92. The van der Waals surface area contributed by atoms with Crippen LogP contribution in [-0.4, -0.2) is 27.8 Å². The van der Waals surface area contributed by atoms with Crippen molar-refractivity contribution in [2.24, 2.45) is 4.99 Å². The summed E-state index contributed by atoms with van der Waals surface area (Å²) in [6.45, 7) is 10.7. The molecule has 6 heteroatoms. The average Bonchev–Trinajstić information content (AvgIpc) is 2.97. The average molecular weight is 441 g/mol. The topological polar surface area (TPSA) is 54.2 Å². The lowest BCUT2D eigenvalue weighted by Gasteiger charge is -2.23. The monoisotopic (exact) mass is 441 g/mol. The summed E-state index contributed by atoms with van der Waals surface area (Å²) in [4.78, 5) is 4.68. The minimum absolute atomic E-state index is 0. The zero-order valence-electron chi connectivity index (χ0n) is 14.9. The minimum Gasteiger partial charge on any atom is -0.357 e. The minimum atomic E-state index is -0.0110. The second-order valence-corrected chi connectivity index (χ2v) is 6.59. The number of hydrogen-bond acceptors (Lipinski definition) is 2. The molecule has 0 spiro atoms. The first-order chi connectivity index (χ1) is 11.0. The van der Waals surface area contributed by atoms with Crippen LogP contribution >= 0.6 is 24.0 Å². The molecule has 5 nitrogen and oxygen atoms in total. The van der Waals surface area contributed by atoms with E-state index in [9.17, 15) is 0 Å². The summed E-state index contributed by atoms with van der Waals surface area (Å²) in [7, 11) is 0. The first kappa shape index (κ1) is 20.5. The first-order valence-electron chi connectivity index (χ1n) is 8.08. The van der Waals surface area contributed by atoms with Gasteiger partial charge in [0.1, 0.15) is 0 Å². The van der Waals surface area contributed by atoms with Gasteiger partial charge >= 0.3 is 0 Å². The molecule has 0 saturated carbocycles. The Morgan fingerprint density at radius 1 is 1.21 bits per heavy atom. The van der Waals surface area contributed by atoms with Crippen LogP contribution < -0.4 is 10.6 Å². The van der Waals surface area contributed by atoms with Crippen molar-refractivity contribution in [2.45, 2.75) is 46.3 Å². The van der Waals surface area contributed by atoms with Gasteiger partial charge in [-0.25, -0.2) is 4.99 Å². The fraction of sp³-hybridized carbons (Fsp3) is 0.444. The van der Waals surface area contributed by atoms with Gasteiger partial charge in [-0.1, -0.05) is 24.3 Å². The van der Waals surface area contributed by atoms with Crippen molar-refractivity contribution in [1.29, 1.82) is 0 Å². The zero-order valence-corrected chi connectivity index (χ0v) is 17.2. The molecule has 1 aromatic carbocycles. The number of nitrogens with zero attached hydrogens (tertiary/aromatic N) is 3. The molecule has 0 aliphatic rings. The Kier molecular flexibility index (Phi) is 8.24. The first-order valence-corrected chi connectivity index (χ1v) is 8.08. The molecular weight excluding hydrogens is 413 g/mol. The SMILES string of the molecule is CCNC(=NCc1cccc(Cn2cccn2)c1)NC(C)(C)C.I. The molecular formula is C18H28IN5. The molecule has 2 aromatic rings. The maximum Gasteiger partial charge on any atom is 0.191 e. The van der Waals surface area contributed by atoms with Gasteiger partial charge in [0.05, 0.1) is 13.1 Å². The van der Waals surface area contributed by atoms with Crippen LogP contribution in [-0.2, 0) is 13.1 Å². The fourth-order valence-electron chi connectivity index (χ4n) is 2.24. The van der Waals surface area contributed by atoms with E-state index < -0.39 is 0 Å². The van der Waals surface area contributed by atoms with Gasteiger partial charge in [-0.05, 0) is 44.9 Å². The van der Waals surface area contributed by atoms with Crippen molar-refractivity contribution >= 4 is 29.9 Å². The van der Waals surface area contributed by atoms with Crippen LogP contribution in [0.5, 0.6) is 0 Å². The van der Waals surface area contributed by atoms with Gasteiger partial charge in [-0.3, -0.25) is 4.68 Å². The molecule has 0 atom stereocenters. The highest BCUT2D eigenvalue weighted by atomic mass is 127. The summed E-state index contributed by atoms with van der Waals surface area (Å²) >= 11 is 0. The highest BCUT2D eigenvalue weighted by Gasteiger charge is 2.11. The molecule has 0 fully saturated rings. The second kappa shape index (κ2) is 9.66. The standard InChI is InChI=1S/C18H27N5.HI/c1-5-19-17(22-18(2,3)4)20-13-15-8-6-9-16(12-15)14-23-11-7-10-21-23;/h6-12H,5,13-14H2,1-4H3,(H2,19,20,22);1H. The van der Waals surface area contributed by atoms with E-state index >= 15 is 0 Å². The summed E-state index contributed by atoms with van der Waals surface area (Å²) in [5, 5.41) is 10.9. The number of rotatable bonds is 5. The smallest absolute Gasteiger partial charge is 0.191 e. The van der Waals surface area contributed by atoms with Crippen LogP contribution in [0.25, 0.3) is 0 Å². The van der Waals surface area contributed by atoms with Crippen LogP contribution in [0.3, 0.4) is 0 Å². The molecule has 132 valence electrons. The molecule has 2 N–H and O–H groups in total. The largest absolute Gasteiger partial charge is 0.357 e. The van der Waals surface area contributed by atoms with Crippen LogP contribution in [0.15, 0.2) is 47.7 Å². The summed E-state index contributed by atoms with van der Waals surface area (Å²) in [5.74, 6) is 0.845.